The van der Waals surface area contributed by atoms with Crippen LogP contribution in [0.15, 0.2) is 24.3 Å². The number of carbonyl (C=O) groups is 1. The number of unbranched alkanes of at least 4 members (excludes halogenated alkanes) is 1. The third kappa shape index (κ3) is 4.85. The van der Waals surface area contributed by atoms with E-state index in [1.54, 1.807) is 7.11 Å². The molecule has 110 valence electrons. The van der Waals surface area contributed by atoms with Crippen molar-refractivity contribution >= 4 is 5.97 Å². The summed E-state index contributed by atoms with van der Waals surface area (Å²) >= 11 is 0. The van der Waals surface area contributed by atoms with Crippen LogP contribution in [0.4, 0.5) is 0 Å². The second kappa shape index (κ2) is 7.29. The number of ether oxygens (including phenoxy) is 1. The molecule has 0 atom stereocenters. The molecule has 1 aromatic rings. The van der Waals surface area contributed by atoms with Crippen LogP contribution in [-0.4, -0.2) is 35.7 Å². The highest BCUT2D eigenvalue weighted by Crippen LogP contribution is 2.29. The molecule has 1 aliphatic rings. The largest absolute Gasteiger partial charge is 0.497 e. The fourth-order valence-electron chi connectivity index (χ4n) is 2.39. The number of carboxylic acids is 1. The number of carboxylic acid groups (broad SMARTS) is 1. The molecule has 1 aromatic carbocycles. The lowest BCUT2D eigenvalue weighted by Gasteiger charge is -2.22. The van der Waals surface area contributed by atoms with Crippen LogP contribution in [0.2, 0.25) is 0 Å². The molecule has 1 fully saturated rings. The molecule has 4 nitrogen and oxygen atoms in total. The van der Waals surface area contributed by atoms with Crippen LogP contribution in [0.5, 0.6) is 5.75 Å². The van der Waals surface area contributed by atoms with Gasteiger partial charge in [-0.05, 0) is 49.9 Å². The number of methoxy groups -OCH3 is 1. The van der Waals surface area contributed by atoms with Crippen LogP contribution in [0.3, 0.4) is 0 Å². The Morgan fingerprint density at radius 1 is 1.30 bits per heavy atom. The van der Waals surface area contributed by atoms with Gasteiger partial charge in [-0.2, -0.15) is 0 Å². The maximum absolute atomic E-state index is 10.5. The molecular weight excluding hydrogens is 254 g/mol. The van der Waals surface area contributed by atoms with E-state index in [9.17, 15) is 4.79 Å². The molecule has 0 heterocycles. The highest BCUT2D eigenvalue weighted by Gasteiger charge is 2.28. The lowest BCUT2D eigenvalue weighted by atomic mass is 10.1. The summed E-state index contributed by atoms with van der Waals surface area (Å²) in [7, 11) is 1.67. The van der Waals surface area contributed by atoms with E-state index in [2.05, 4.69) is 17.0 Å². The van der Waals surface area contributed by atoms with E-state index >= 15 is 0 Å². The number of nitrogens with zero attached hydrogens (tertiary/aromatic N) is 1. The van der Waals surface area contributed by atoms with Crippen LogP contribution in [0.25, 0.3) is 0 Å². The third-order valence-corrected chi connectivity index (χ3v) is 3.69. The number of hydrogen-bond acceptors (Lipinski definition) is 3. The maximum atomic E-state index is 10.5. The minimum Gasteiger partial charge on any atom is -0.497 e. The Morgan fingerprint density at radius 2 is 2.00 bits per heavy atom. The minimum atomic E-state index is -0.696. The van der Waals surface area contributed by atoms with Crippen molar-refractivity contribution in [2.75, 3.05) is 13.7 Å². The van der Waals surface area contributed by atoms with Gasteiger partial charge >= 0.3 is 5.97 Å². The van der Waals surface area contributed by atoms with Gasteiger partial charge in [-0.25, -0.2) is 0 Å². The van der Waals surface area contributed by atoms with Crippen molar-refractivity contribution in [3.05, 3.63) is 29.8 Å². The topological polar surface area (TPSA) is 49.8 Å². The molecule has 0 aliphatic heterocycles. The van der Waals surface area contributed by atoms with Crippen molar-refractivity contribution in [1.82, 2.24) is 4.90 Å². The monoisotopic (exact) mass is 277 g/mol. The van der Waals surface area contributed by atoms with Gasteiger partial charge in [0.1, 0.15) is 5.75 Å². The third-order valence-electron chi connectivity index (χ3n) is 3.69. The van der Waals surface area contributed by atoms with E-state index in [4.69, 9.17) is 9.84 Å². The molecule has 0 saturated heterocycles. The molecule has 2 rings (SSSR count). The van der Waals surface area contributed by atoms with E-state index in [-0.39, 0.29) is 6.42 Å². The summed E-state index contributed by atoms with van der Waals surface area (Å²) in [6, 6.07) is 8.88. The zero-order valence-corrected chi connectivity index (χ0v) is 12.0. The maximum Gasteiger partial charge on any atom is 0.303 e. The highest BCUT2D eigenvalue weighted by molar-refractivity contribution is 5.66. The first kappa shape index (κ1) is 14.9. The van der Waals surface area contributed by atoms with Crippen molar-refractivity contribution in [1.29, 1.82) is 0 Å². The molecule has 20 heavy (non-hydrogen) atoms. The van der Waals surface area contributed by atoms with Crippen molar-refractivity contribution in [2.24, 2.45) is 0 Å². The zero-order chi connectivity index (χ0) is 14.4. The van der Waals surface area contributed by atoms with Crippen LogP contribution >= 0.6 is 0 Å². The summed E-state index contributed by atoms with van der Waals surface area (Å²) in [5.74, 6) is 0.186. The van der Waals surface area contributed by atoms with Crippen LogP contribution in [0.1, 0.15) is 37.7 Å². The van der Waals surface area contributed by atoms with Crippen LogP contribution in [0, 0.1) is 0 Å². The summed E-state index contributed by atoms with van der Waals surface area (Å²) in [6.07, 6.45) is 4.55. The smallest absolute Gasteiger partial charge is 0.303 e. The summed E-state index contributed by atoms with van der Waals surface area (Å²) < 4.78 is 5.17. The average Bonchev–Trinajstić information content (AvgIpc) is 3.27. The Bertz CT molecular complexity index is 426. The minimum absolute atomic E-state index is 0.279. The Balaban J connectivity index is 1.80. The van der Waals surface area contributed by atoms with Gasteiger partial charge in [0.15, 0.2) is 0 Å². The molecular formula is C16H23NO3. The van der Waals surface area contributed by atoms with Gasteiger partial charge in [0.2, 0.25) is 0 Å². The first-order valence-corrected chi connectivity index (χ1v) is 7.28. The number of hydrogen-bond donors (Lipinski definition) is 1. The number of benzene rings is 1. The first-order valence-electron chi connectivity index (χ1n) is 7.28. The summed E-state index contributed by atoms with van der Waals surface area (Å²) in [6.45, 7) is 1.94. The van der Waals surface area contributed by atoms with Crippen molar-refractivity contribution < 1.29 is 14.6 Å². The van der Waals surface area contributed by atoms with E-state index in [0.29, 0.717) is 6.04 Å². The molecule has 0 amide bonds. The van der Waals surface area contributed by atoms with Gasteiger partial charge in [0, 0.05) is 19.0 Å². The summed E-state index contributed by atoms with van der Waals surface area (Å²) in [5.41, 5.74) is 1.29. The second-order valence-electron chi connectivity index (χ2n) is 5.40. The first-order chi connectivity index (χ1) is 9.69. The highest BCUT2D eigenvalue weighted by atomic mass is 16.5. The van der Waals surface area contributed by atoms with Gasteiger partial charge in [-0.1, -0.05) is 12.1 Å². The van der Waals surface area contributed by atoms with E-state index in [0.717, 1.165) is 31.7 Å². The molecule has 0 radical (unpaired) electrons. The molecule has 4 heteroatoms. The summed E-state index contributed by atoms with van der Waals surface area (Å²) in [4.78, 5) is 13.0. The fourth-order valence-corrected chi connectivity index (χ4v) is 2.39. The predicted octanol–water partition coefficient (Wildman–Crippen LogP) is 2.91. The van der Waals surface area contributed by atoms with Gasteiger partial charge in [0.05, 0.1) is 7.11 Å². The van der Waals surface area contributed by atoms with Crippen molar-refractivity contribution in [3.63, 3.8) is 0 Å². The lowest BCUT2D eigenvalue weighted by Crippen LogP contribution is -2.26. The quantitative estimate of drug-likeness (QED) is 0.705. The number of aliphatic carboxylic acids is 1. The lowest BCUT2D eigenvalue weighted by molar-refractivity contribution is -0.137. The normalized spacial score (nSPS) is 14.5. The Hall–Kier alpha value is -1.55. The molecule has 1 saturated carbocycles. The molecule has 0 unspecified atom stereocenters. The Labute approximate surface area is 120 Å². The van der Waals surface area contributed by atoms with Crippen LogP contribution < -0.4 is 4.74 Å². The molecule has 0 spiro atoms. The van der Waals surface area contributed by atoms with Crippen molar-refractivity contribution in [3.8, 4) is 5.75 Å². The van der Waals surface area contributed by atoms with Gasteiger partial charge < -0.3 is 9.84 Å². The van der Waals surface area contributed by atoms with Gasteiger partial charge in [-0.3, -0.25) is 9.69 Å². The predicted molar refractivity (Wildman–Crippen MR) is 77.9 cm³/mol. The molecule has 0 aromatic heterocycles. The zero-order valence-electron chi connectivity index (χ0n) is 12.0. The van der Waals surface area contributed by atoms with Crippen molar-refractivity contribution in [2.45, 2.75) is 44.7 Å². The Kier molecular flexibility index (Phi) is 5.41. The summed E-state index contributed by atoms with van der Waals surface area (Å²) in [5, 5.41) is 8.66. The molecule has 1 aliphatic carbocycles. The Morgan fingerprint density at radius 3 is 2.55 bits per heavy atom. The van der Waals surface area contributed by atoms with Crippen LogP contribution in [-0.2, 0) is 11.3 Å². The van der Waals surface area contributed by atoms with E-state index in [1.165, 1.54) is 18.4 Å². The van der Waals surface area contributed by atoms with Gasteiger partial charge in [-0.15, -0.1) is 0 Å². The SMILES string of the molecule is COc1ccc(CN(CCCCC(=O)O)C2CC2)cc1. The number of rotatable bonds is 9. The standard InChI is InChI=1S/C16H23NO3/c1-20-15-9-5-13(6-10-15)12-17(14-7-8-14)11-3-2-4-16(18)19/h5-6,9-10,14H,2-4,7-8,11-12H2,1H3,(H,18,19). The fraction of sp³-hybridized carbons (Fsp3) is 0.562. The second-order valence-corrected chi connectivity index (χ2v) is 5.40. The molecule has 0 bridgehead atoms. The average molecular weight is 277 g/mol. The van der Waals surface area contributed by atoms with Gasteiger partial charge in [0.25, 0.3) is 0 Å². The molecule has 1 N–H and O–H groups in total. The van der Waals surface area contributed by atoms with E-state index < -0.39 is 5.97 Å². The van der Waals surface area contributed by atoms with E-state index in [1.807, 2.05) is 12.1 Å².